The van der Waals surface area contributed by atoms with Crippen LogP contribution in [0.15, 0.2) is 53.0 Å². The number of hydrogen-bond donors (Lipinski definition) is 1. The van der Waals surface area contributed by atoms with Gasteiger partial charge in [0.2, 0.25) is 0 Å². The monoisotopic (exact) mass is 379 g/mol. The maximum Gasteiger partial charge on any atom is 0.0850 e. The summed E-state index contributed by atoms with van der Waals surface area (Å²) in [5, 5.41) is 3.13. The lowest BCUT2D eigenvalue weighted by atomic mass is 9.99. The van der Waals surface area contributed by atoms with Gasteiger partial charge in [-0.3, -0.25) is 4.21 Å². The molecule has 4 heteroatoms. The highest BCUT2D eigenvalue weighted by molar-refractivity contribution is 9.10. The van der Waals surface area contributed by atoms with Crippen LogP contribution >= 0.6 is 15.9 Å². The van der Waals surface area contributed by atoms with Crippen molar-refractivity contribution in [2.45, 2.75) is 25.1 Å². The summed E-state index contributed by atoms with van der Waals surface area (Å²) in [5.74, 6) is 0.713. The zero-order valence-electron chi connectivity index (χ0n) is 13.0. The van der Waals surface area contributed by atoms with Crippen molar-refractivity contribution in [1.82, 2.24) is 5.32 Å². The second-order valence-electron chi connectivity index (χ2n) is 5.25. The van der Waals surface area contributed by atoms with Gasteiger partial charge in [0.05, 0.1) is 5.25 Å². The summed E-state index contributed by atoms with van der Waals surface area (Å²) in [5.41, 5.74) is 3.45. The molecule has 0 amide bonds. The normalized spacial score (nSPS) is 13.8. The van der Waals surface area contributed by atoms with Crippen LogP contribution in [0.3, 0.4) is 0 Å². The minimum absolute atomic E-state index is 0.0815. The highest BCUT2D eigenvalue weighted by atomic mass is 79.9. The Morgan fingerprint density at radius 2 is 1.91 bits per heavy atom. The summed E-state index contributed by atoms with van der Waals surface area (Å²) >= 11 is 3.56. The Hall–Kier alpha value is -0.970. The number of halogens is 1. The topological polar surface area (TPSA) is 29.1 Å². The van der Waals surface area contributed by atoms with E-state index in [1.165, 1.54) is 5.56 Å². The van der Waals surface area contributed by atoms with Crippen molar-refractivity contribution >= 4 is 26.7 Å². The van der Waals surface area contributed by atoms with E-state index in [1.807, 2.05) is 31.3 Å². The fourth-order valence-electron chi connectivity index (χ4n) is 2.58. The van der Waals surface area contributed by atoms with Gasteiger partial charge in [0.1, 0.15) is 0 Å². The van der Waals surface area contributed by atoms with Gasteiger partial charge in [0, 0.05) is 27.6 Å². The second kappa shape index (κ2) is 8.61. The predicted octanol–water partition coefficient (Wildman–Crippen LogP) is 4.42. The highest BCUT2D eigenvalue weighted by Crippen LogP contribution is 2.33. The van der Waals surface area contributed by atoms with Crippen LogP contribution < -0.4 is 5.32 Å². The van der Waals surface area contributed by atoms with Crippen LogP contribution in [0.4, 0.5) is 0 Å². The smallest absolute Gasteiger partial charge is 0.0850 e. The molecule has 0 bridgehead atoms. The summed E-state index contributed by atoms with van der Waals surface area (Å²) in [6.45, 7) is 2.85. The molecule has 2 nitrogen and oxygen atoms in total. The Morgan fingerprint density at radius 3 is 2.55 bits per heavy atom. The fourth-order valence-corrected chi connectivity index (χ4v) is 4.56. The zero-order valence-corrected chi connectivity index (χ0v) is 15.4. The van der Waals surface area contributed by atoms with Crippen molar-refractivity contribution < 1.29 is 4.21 Å². The Balaban J connectivity index is 2.54. The summed E-state index contributed by atoms with van der Waals surface area (Å²) in [6, 6.07) is 16.4. The van der Waals surface area contributed by atoms with Crippen molar-refractivity contribution in [3.8, 4) is 0 Å². The van der Waals surface area contributed by atoms with Crippen molar-refractivity contribution in [3.05, 3.63) is 69.7 Å². The molecule has 0 fully saturated rings. The molecular formula is C18H22BrNOS. The molecule has 0 spiro atoms. The van der Waals surface area contributed by atoms with Crippen molar-refractivity contribution in [3.63, 3.8) is 0 Å². The van der Waals surface area contributed by atoms with E-state index in [-0.39, 0.29) is 5.25 Å². The van der Waals surface area contributed by atoms with Crippen LogP contribution in [-0.2, 0) is 17.3 Å². The van der Waals surface area contributed by atoms with Crippen LogP contribution in [0.25, 0.3) is 0 Å². The minimum Gasteiger partial charge on any atom is -0.316 e. The highest BCUT2D eigenvalue weighted by Gasteiger charge is 2.23. The van der Waals surface area contributed by atoms with Gasteiger partial charge in [-0.1, -0.05) is 59.3 Å². The summed E-state index contributed by atoms with van der Waals surface area (Å²) in [7, 11) is 1.01. The van der Waals surface area contributed by atoms with E-state index in [4.69, 9.17) is 0 Å². The van der Waals surface area contributed by atoms with E-state index >= 15 is 0 Å². The van der Waals surface area contributed by atoms with E-state index in [2.05, 4.69) is 52.4 Å². The first-order chi connectivity index (χ1) is 10.7. The predicted molar refractivity (Wildman–Crippen MR) is 98.5 cm³/mol. The molecule has 118 valence electrons. The maximum atomic E-state index is 12.9. The number of benzene rings is 2. The van der Waals surface area contributed by atoms with E-state index in [0.29, 0.717) is 5.75 Å². The van der Waals surface area contributed by atoms with Gasteiger partial charge in [-0.2, -0.15) is 0 Å². The van der Waals surface area contributed by atoms with Crippen molar-refractivity contribution in [1.29, 1.82) is 0 Å². The standard InChI is InChI=1S/C18H22BrNOS/c1-3-11-22(21)18(14-7-5-4-6-8-14)17-12-16(19)10-9-15(17)13-20-2/h4-10,12,18,20H,3,11,13H2,1-2H3. The van der Waals surface area contributed by atoms with Gasteiger partial charge in [-0.05, 0) is 42.3 Å². The molecule has 1 N–H and O–H groups in total. The molecular weight excluding hydrogens is 358 g/mol. The molecule has 2 aromatic rings. The molecule has 0 saturated heterocycles. The number of nitrogens with one attached hydrogen (secondary N) is 1. The Kier molecular flexibility index (Phi) is 6.80. The molecule has 2 atom stereocenters. The molecule has 0 aromatic heterocycles. The van der Waals surface area contributed by atoms with Crippen LogP contribution in [0.1, 0.15) is 35.3 Å². The molecule has 0 radical (unpaired) electrons. The maximum absolute atomic E-state index is 12.9. The van der Waals surface area contributed by atoms with E-state index in [9.17, 15) is 4.21 Å². The summed E-state index contributed by atoms with van der Waals surface area (Å²) in [4.78, 5) is 0. The first kappa shape index (κ1) is 17.4. The molecule has 0 aliphatic rings. The number of rotatable bonds is 7. The molecule has 2 unspecified atom stereocenters. The molecule has 0 aliphatic carbocycles. The first-order valence-electron chi connectivity index (χ1n) is 7.52. The lowest BCUT2D eigenvalue weighted by molar-refractivity contribution is 0.676. The Bertz CT molecular complexity index is 630. The summed E-state index contributed by atoms with van der Waals surface area (Å²) < 4.78 is 13.9. The van der Waals surface area contributed by atoms with Gasteiger partial charge in [0.15, 0.2) is 0 Å². The van der Waals surface area contributed by atoms with E-state index in [1.54, 1.807) is 0 Å². The molecule has 2 rings (SSSR count). The molecule has 0 saturated carbocycles. The van der Waals surface area contributed by atoms with E-state index < -0.39 is 10.8 Å². The molecule has 0 aliphatic heterocycles. The zero-order chi connectivity index (χ0) is 15.9. The van der Waals surface area contributed by atoms with Crippen molar-refractivity contribution in [2.75, 3.05) is 12.8 Å². The van der Waals surface area contributed by atoms with Crippen LogP contribution in [0.2, 0.25) is 0 Å². The van der Waals surface area contributed by atoms with Crippen molar-refractivity contribution in [2.24, 2.45) is 0 Å². The Morgan fingerprint density at radius 1 is 1.18 bits per heavy atom. The third kappa shape index (κ3) is 4.28. The largest absolute Gasteiger partial charge is 0.316 e. The second-order valence-corrected chi connectivity index (χ2v) is 7.81. The number of hydrogen-bond acceptors (Lipinski definition) is 2. The van der Waals surface area contributed by atoms with Gasteiger partial charge in [-0.25, -0.2) is 0 Å². The lowest BCUT2D eigenvalue weighted by Gasteiger charge is -2.21. The molecule has 2 aromatic carbocycles. The van der Waals surface area contributed by atoms with Gasteiger partial charge in [0.25, 0.3) is 0 Å². The van der Waals surface area contributed by atoms with Crippen LogP contribution in [0, 0.1) is 0 Å². The molecule has 22 heavy (non-hydrogen) atoms. The fraction of sp³-hybridized carbons (Fsp3) is 0.333. The average molecular weight is 380 g/mol. The van der Waals surface area contributed by atoms with Gasteiger partial charge >= 0.3 is 0 Å². The molecule has 0 heterocycles. The quantitative estimate of drug-likeness (QED) is 0.771. The Labute approximate surface area is 143 Å². The van der Waals surface area contributed by atoms with Crippen LogP contribution in [-0.4, -0.2) is 17.0 Å². The third-order valence-corrected chi connectivity index (χ3v) is 5.88. The van der Waals surface area contributed by atoms with Crippen LogP contribution in [0.5, 0.6) is 0 Å². The first-order valence-corrected chi connectivity index (χ1v) is 9.70. The minimum atomic E-state index is -0.931. The van der Waals surface area contributed by atoms with Gasteiger partial charge < -0.3 is 5.32 Å². The van der Waals surface area contributed by atoms with Gasteiger partial charge in [-0.15, -0.1) is 0 Å². The lowest BCUT2D eigenvalue weighted by Crippen LogP contribution is -2.16. The SMILES string of the molecule is CCCS(=O)C(c1ccccc1)c1cc(Br)ccc1CNC. The summed E-state index contributed by atoms with van der Waals surface area (Å²) in [6.07, 6.45) is 0.922. The average Bonchev–Trinajstić information content (AvgIpc) is 2.52. The van der Waals surface area contributed by atoms with E-state index in [0.717, 1.165) is 28.6 Å². The third-order valence-electron chi connectivity index (χ3n) is 3.53.